The van der Waals surface area contributed by atoms with Crippen molar-refractivity contribution in [1.29, 1.82) is 0 Å². The van der Waals surface area contributed by atoms with Gasteiger partial charge >= 0.3 is 6.01 Å². The fourth-order valence-electron chi connectivity index (χ4n) is 1.50. The summed E-state index contributed by atoms with van der Waals surface area (Å²) in [4.78, 5) is 14.4. The molecule has 0 aromatic carbocycles. The van der Waals surface area contributed by atoms with Gasteiger partial charge in [0.05, 0.1) is 6.10 Å². The molecule has 0 radical (unpaired) electrons. The highest BCUT2D eigenvalue weighted by atomic mass is 35.5. The van der Waals surface area contributed by atoms with Crippen molar-refractivity contribution < 1.29 is 4.74 Å². The Balaban J connectivity index is 3.03. The average molecular weight is 287 g/mol. The molecule has 108 valence electrons. The Bertz CT molecular complexity index is 431. The summed E-state index contributed by atoms with van der Waals surface area (Å²) >= 11 is 5.93. The molecule has 0 saturated carbocycles. The number of halogens is 1. The van der Waals surface area contributed by atoms with Gasteiger partial charge in [-0.2, -0.15) is 15.0 Å². The molecular formula is C13H23ClN4O. The third kappa shape index (κ3) is 4.49. The molecular weight excluding hydrogens is 264 g/mol. The normalized spacial score (nSPS) is 13.5. The van der Waals surface area contributed by atoms with E-state index in [4.69, 9.17) is 16.3 Å². The number of nitrogens with zero attached hydrogens (tertiary/aromatic N) is 4. The van der Waals surface area contributed by atoms with Crippen molar-refractivity contribution in [3.63, 3.8) is 0 Å². The molecule has 0 aliphatic carbocycles. The second-order valence-corrected chi connectivity index (χ2v) is 6.34. The van der Waals surface area contributed by atoms with E-state index in [1.165, 1.54) is 0 Å². The van der Waals surface area contributed by atoms with Crippen molar-refractivity contribution in [2.45, 2.75) is 53.7 Å². The van der Waals surface area contributed by atoms with Gasteiger partial charge in [0.15, 0.2) is 0 Å². The van der Waals surface area contributed by atoms with Gasteiger partial charge in [0.2, 0.25) is 11.2 Å². The lowest BCUT2D eigenvalue weighted by molar-refractivity contribution is 0.221. The van der Waals surface area contributed by atoms with E-state index < -0.39 is 0 Å². The lowest BCUT2D eigenvalue weighted by Gasteiger charge is -2.35. The second-order valence-electron chi connectivity index (χ2n) is 6.01. The monoisotopic (exact) mass is 286 g/mol. The molecule has 6 heteroatoms. The molecule has 0 amide bonds. The first-order chi connectivity index (χ1) is 8.61. The molecule has 1 rings (SSSR count). The van der Waals surface area contributed by atoms with E-state index in [1.54, 1.807) is 0 Å². The van der Waals surface area contributed by atoms with E-state index in [1.807, 2.05) is 25.8 Å². The fraction of sp³-hybridized carbons (Fsp3) is 0.769. The Morgan fingerprint density at radius 2 is 1.68 bits per heavy atom. The van der Waals surface area contributed by atoms with Gasteiger partial charge in [-0.05, 0) is 37.8 Å². The SMILES string of the molecule is CC(C)Oc1nc(Cl)nc(N(C)C(C)C(C)(C)C)n1. The highest BCUT2D eigenvalue weighted by Gasteiger charge is 2.26. The predicted octanol–water partition coefficient (Wildman–Crippen LogP) is 3.18. The summed E-state index contributed by atoms with van der Waals surface area (Å²) in [6.45, 7) is 12.5. The van der Waals surface area contributed by atoms with Gasteiger partial charge < -0.3 is 9.64 Å². The average Bonchev–Trinajstić information content (AvgIpc) is 2.23. The molecule has 0 fully saturated rings. The minimum absolute atomic E-state index is 0.00309. The summed E-state index contributed by atoms with van der Waals surface area (Å²) < 4.78 is 5.48. The van der Waals surface area contributed by atoms with E-state index in [2.05, 4.69) is 42.6 Å². The number of aromatic nitrogens is 3. The van der Waals surface area contributed by atoms with Crippen molar-refractivity contribution in [3.8, 4) is 6.01 Å². The summed E-state index contributed by atoms with van der Waals surface area (Å²) in [7, 11) is 1.95. The first kappa shape index (κ1) is 16.0. The van der Waals surface area contributed by atoms with Crippen LogP contribution in [0, 0.1) is 5.41 Å². The maximum absolute atomic E-state index is 5.93. The van der Waals surface area contributed by atoms with Crippen LogP contribution in [0.5, 0.6) is 6.01 Å². The van der Waals surface area contributed by atoms with Crippen LogP contribution in [0.15, 0.2) is 0 Å². The number of ether oxygens (including phenoxy) is 1. The Morgan fingerprint density at radius 1 is 1.11 bits per heavy atom. The molecule has 0 N–H and O–H groups in total. The zero-order valence-electron chi connectivity index (χ0n) is 12.7. The zero-order valence-corrected chi connectivity index (χ0v) is 13.5. The van der Waals surface area contributed by atoms with Crippen molar-refractivity contribution in [2.75, 3.05) is 11.9 Å². The van der Waals surface area contributed by atoms with Crippen LogP contribution < -0.4 is 9.64 Å². The number of rotatable bonds is 4. The third-order valence-corrected chi connectivity index (χ3v) is 3.24. The van der Waals surface area contributed by atoms with Crippen LogP contribution in [0.3, 0.4) is 0 Å². The molecule has 1 unspecified atom stereocenters. The maximum Gasteiger partial charge on any atom is 0.322 e. The number of hydrogen-bond donors (Lipinski definition) is 0. The number of anilines is 1. The largest absolute Gasteiger partial charge is 0.461 e. The van der Waals surface area contributed by atoms with Crippen molar-refractivity contribution >= 4 is 17.5 Å². The summed E-state index contributed by atoms with van der Waals surface area (Å²) in [6, 6.07) is 0.510. The Labute approximate surface area is 120 Å². The molecule has 5 nitrogen and oxygen atoms in total. The first-order valence-corrected chi connectivity index (χ1v) is 6.80. The van der Waals surface area contributed by atoms with E-state index in [9.17, 15) is 0 Å². The molecule has 1 heterocycles. The van der Waals surface area contributed by atoms with Crippen LogP contribution in [0.25, 0.3) is 0 Å². The first-order valence-electron chi connectivity index (χ1n) is 6.42. The highest BCUT2D eigenvalue weighted by molar-refractivity contribution is 6.28. The minimum atomic E-state index is -0.00309. The maximum atomic E-state index is 5.93. The van der Waals surface area contributed by atoms with Crippen LogP contribution in [-0.4, -0.2) is 34.1 Å². The Hall–Kier alpha value is -1.10. The van der Waals surface area contributed by atoms with Gasteiger partial charge in [-0.15, -0.1) is 0 Å². The van der Waals surface area contributed by atoms with Crippen molar-refractivity contribution in [1.82, 2.24) is 15.0 Å². The quantitative estimate of drug-likeness (QED) is 0.851. The standard InChI is InChI=1S/C13H23ClN4O/c1-8(2)19-12-16-10(14)15-11(17-12)18(7)9(3)13(4,5)6/h8-9H,1-7H3. The molecule has 0 spiro atoms. The van der Waals surface area contributed by atoms with Gasteiger partial charge in [-0.25, -0.2) is 0 Å². The molecule has 19 heavy (non-hydrogen) atoms. The van der Waals surface area contributed by atoms with Crippen molar-refractivity contribution in [3.05, 3.63) is 5.28 Å². The topological polar surface area (TPSA) is 51.1 Å². The number of hydrogen-bond acceptors (Lipinski definition) is 5. The van der Waals surface area contributed by atoms with Gasteiger partial charge in [-0.3, -0.25) is 0 Å². The Kier molecular flexibility index (Phi) is 4.96. The van der Waals surface area contributed by atoms with Gasteiger partial charge in [0.25, 0.3) is 0 Å². The molecule has 1 atom stereocenters. The summed E-state index contributed by atoms with van der Waals surface area (Å²) in [5.41, 5.74) is 0.104. The molecule has 0 aliphatic rings. The summed E-state index contributed by atoms with van der Waals surface area (Å²) in [5, 5.41) is 0.147. The lowest BCUT2D eigenvalue weighted by Crippen LogP contribution is -2.40. The van der Waals surface area contributed by atoms with E-state index >= 15 is 0 Å². The Morgan fingerprint density at radius 3 is 2.16 bits per heavy atom. The van der Waals surface area contributed by atoms with Gasteiger partial charge in [0, 0.05) is 13.1 Å². The van der Waals surface area contributed by atoms with Crippen molar-refractivity contribution in [2.24, 2.45) is 5.41 Å². The second kappa shape index (κ2) is 5.90. The van der Waals surface area contributed by atoms with Crippen LogP contribution in [0.1, 0.15) is 41.5 Å². The van der Waals surface area contributed by atoms with Crippen LogP contribution in [-0.2, 0) is 0 Å². The summed E-state index contributed by atoms with van der Waals surface area (Å²) in [5.74, 6) is 0.526. The van der Waals surface area contributed by atoms with E-state index in [0.717, 1.165) is 0 Å². The molecule has 0 bridgehead atoms. The van der Waals surface area contributed by atoms with Gasteiger partial charge in [-0.1, -0.05) is 20.8 Å². The third-order valence-electron chi connectivity index (χ3n) is 3.07. The smallest absolute Gasteiger partial charge is 0.322 e. The summed E-state index contributed by atoms with van der Waals surface area (Å²) in [6.07, 6.45) is -0.00309. The van der Waals surface area contributed by atoms with Crippen LogP contribution >= 0.6 is 11.6 Å². The fourth-order valence-corrected chi connectivity index (χ4v) is 1.65. The van der Waals surface area contributed by atoms with E-state index in [0.29, 0.717) is 5.95 Å². The zero-order chi connectivity index (χ0) is 14.8. The predicted molar refractivity (Wildman–Crippen MR) is 77.9 cm³/mol. The molecule has 1 aromatic heterocycles. The molecule has 1 aromatic rings. The van der Waals surface area contributed by atoms with E-state index in [-0.39, 0.29) is 28.9 Å². The molecule has 0 saturated heterocycles. The van der Waals surface area contributed by atoms with Crippen LogP contribution in [0.4, 0.5) is 5.95 Å². The minimum Gasteiger partial charge on any atom is -0.461 e. The molecule has 0 aliphatic heterocycles. The lowest BCUT2D eigenvalue weighted by atomic mass is 9.87. The highest BCUT2D eigenvalue weighted by Crippen LogP contribution is 2.26. The van der Waals surface area contributed by atoms with Crippen LogP contribution in [0.2, 0.25) is 5.28 Å². The van der Waals surface area contributed by atoms with Gasteiger partial charge in [0.1, 0.15) is 0 Å².